The monoisotopic (exact) mass is 340 g/mol. The van der Waals surface area contributed by atoms with Crippen LogP contribution in [0.2, 0.25) is 0 Å². The molecule has 0 spiro atoms. The Bertz CT molecular complexity index is 533. The molecule has 1 aliphatic rings. The van der Waals surface area contributed by atoms with Gasteiger partial charge in [-0.2, -0.15) is 0 Å². The zero-order chi connectivity index (χ0) is 14.7. The van der Waals surface area contributed by atoms with Crippen molar-refractivity contribution in [3.8, 4) is 0 Å². The molecule has 5 nitrogen and oxygen atoms in total. The lowest BCUT2D eigenvalue weighted by Gasteiger charge is -2.19. The van der Waals surface area contributed by atoms with Gasteiger partial charge in [0, 0.05) is 18.3 Å². The molecule has 1 saturated heterocycles. The van der Waals surface area contributed by atoms with E-state index in [0.29, 0.717) is 36.5 Å². The Morgan fingerprint density at radius 2 is 2.30 bits per heavy atom. The molecule has 108 valence electrons. The second-order valence-corrected chi connectivity index (χ2v) is 5.37. The summed E-state index contributed by atoms with van der Waals surface area (Å²) in [6.07, 6.45) is 0.494. The maximum absolute atomic E-state index is 12.0. The van der Waals surface area contributed by atoms with E-state index in [2.05, 4.69) is 15.9 Å². The lowest BCUT2D eigenvalue weighted by molar-refractivity contribution is -0.117. The highest BCUT2D eigenvalue weighted by Gasteiger charge is 2.31. The van der Waals surface area contributed by atoms with Gasteiger partial charge in [-0.25, -0.2) is 4.79 Å². The maximum atomic E-state index is 12.0. The van der Waals surface area contributed by atoms with Crippen molar-refractivity contribution < 1.29 is 14.3 Å². The van der Waals surface area contributed by atoms with Gasteiger partial charge in [0.2, 0.25) is 5.91 Å². The van der Waals surface area contributed by atoms with Gasteiger partial charge in [0.1, 0.15) is 0 Å². The molecule has 1 aromatic carbocycles. The van der Waals surface area contributed by atoms with Gasteiger partial charge in [-0.05, 0) is 31.0 Å². The number of nitrogens with zero attached hydrogens (tertiary/aromatic N) is 1. The van der Waals surface area contributed by atoms with Crippen LogP contribution in [0.1, 0.15) is 23.7 Å². The smallest absolute Gasteiger partial charge is 0.338 e. The van der Waals surface area contributed by atoms with Crippen LogP contribution in [0.5, 0.6) is 0 Å². The molecule has 1 fully saturated rings. The van der Waals surface area contributed by atoms with Crippen LogP contribution in [0.15, 0.2) is 18.2 Å². The number of halogens is 1. The number of ether oxygens (including phenoxy) is 1. The number of hydrogen-bond donors (Lipinski definition) is 1. The summed E-state index contributed by atoms with van der Waals surface area (Å²) < 4.78 is 4.96. The highest BCUT2D eigenvalue weighted by molar-refractivity contribution is 9.09. The number of amides is 1. The number of benzene rings is 1. The third kappa shape index (κ3) is 2.95. The molecule has 20 heavy (non-hydrogen) atoms. The first-order valence-corrected chi connectivity index (χ1v) is 7.62. The van der Waals surface area contributed by atoms with Crippen LogP contribution in [0, 0.1) is 5.92 Å². The fraction of sp³-hybridized carbons (Fsp3) is 0.429. The van der Waals surface area contributed by atoms with Crippen molar-refractivity contribution in [2.75, 3.05) is 29.1 Å². The fourth-order valence-electron chi connectivity index (χ4n) is 2.24. The van der Waals surface area contributed by atoms with Gasteiger partial charge in [0.25, 0.3) is 0 Å². The summed E-state index contributed by atoms with van der Waals surface area (Å²) in [5.41, 5.74) is 7.42. The van der Waals surface area contributed by atoms with Crippen LogP contribution in [-0.2, 0) is 9.53 Å². The Morgan fingerprint density at radius 3 is 2.90 bits per heavy atom. The normalized spacial score (nSPS) is 18.4. The Labute approximate surface area is 126 Å². The first-order chi connectivity index (χ1) is 9.56. The second kappa shape index (κ2) is 6.26. The Hall–Kier alpha value is -1.56. The Morgan fingerprint density at radius 1 is 1.55 bits per heavy atom. The third-order valence-electron chi connectivity index (χ3n) is 3.26. The van der Waals surface area contributed by atoms with Crippen molar-refractivity contribution in [1.82, 2.24) is 0 Å². The van der Waals surface area contributed by atoms with Gasteiger partial charge in [0.15, 0.2) is 0 Å². The number of hydrogen-bond acceptors (Lipinski definition) is 4. The summed E-state index contributed by atoms with van der Waals surface area (Å²) in [7, 11) is 0. The number of esters is 1. The van der Waals surface area contributed by atoms with Gasteiger partial charge in [0.05, 0.1) is 23.5 Å². The molecule has 0 saturated carbocycles. The quantitative estimate of drug-likeness (QED) is 0.518. The van der Waals surface area contributed by atoms with E-state index in [9.17, 15) is 9.59 Å². The lowest BCUT2D eigenvalue weighted by atomic mass is 10.1. The van der Waals surface area contributed by atoms with Crippen LogP contribution in [0.3, 0.4) is 0 Å². The largest absolute Gasteiger partial charge is 0.462 e. The zero-order valence-electron chi connectivity index (χ0n) is 11.3. The average molecular weight is 341 g/mol. The van der Waals surface area contributed by atoms with E-state index in [-0.39, 0.29) is 11.8 Å². The minimum Gasteiger partial charge on any atom is -0.462 e. The molecule has 1 heterocycles. The van der Waals surface area contributed by atoms with Crippen LogP contribution < -0.4 is 10.6 Å². The summed E-state index contributed by atoms with van der Waals surface area (Å²) in [5, 5.41) is 0.771. The molecule has 1 aromatic rings. The van der Waals surface area contributed by atoms with E-state index in [1.54, 1.807) is 30.0 Å². The van der Waals surface area contributed by atoms with Crippen molar-refractivity contribution in [1.29, 1.82) is 0 Å². The summed E-state index contributed by atoms with van der Waals surface area (Å²) in [6, 6.07) is 4.87. The fourth-order valence-corrected chi connectivity index (χ4v) is 2.67. The summed E-state index contributed by atoms with van der Waals surface area (Å²) in [4.78, 5) is 25.4. The predicted molar refractivity (Wildman–Crippen MR) is 81.1 cm³/mol. The van der Waals surface area contributed by atoms with Gasteiger partial charge >= 0.3 is 5.97 Å². The van der Waals surface area contributed by atoms with Crippen LogP contribution in [0.4, 0.5) is 11.4 Å². The first kappa shape index (κ1) is 14.8. The number of carbonyl (C=O) groups excluding carboxylic acids is 2. The Kier molecular flexibility index (Phi) is 4.65. The minimum atomic E-state index is -0.405. The molecule has 0 radical (unpaired) electrons. The SMILES string of the molecule is CCOC(=O)c1ccc(N)c(N2CC(CBr)CC2=O)c1. The Balaban J connectivity index is 2.29. The molecule has 1 aliphatic heterocycles. The maximum Gasteiger partial charge on any atom is 0.338 e. The van der Waals surface area contributed by atoms with Crippen molar-refractivity contribution in [2.45, 2.75) is 13.3 Å². The number of anilines is 2. The van der Waals surface area contributed by atoms with E-state index >= 15 is 0 Å². The third-order valence-corrected chi connectivity index (χ3v) is 4.17. The van der Waals surface area contributed by atoms with Gasteiger partial charge < -0.3 is 15.4 Å². The standard InChI is InChI=1S/C14H17BrN2O3/c1-2-20-14(19)10-3-4-11(16)12(6-10)17-8-9(7-15)5-13(17)18/h3-4,6,9H,2,5,7-8,16H2,1H3. The number of carbonyl (C=O) groups is 2. The molecule has 0 aliphatic carbocycles. The minimum absolute atomic E-state index is 0.0298. The topological polar surface area (TPSA) is 72.6 Å². The molecule has 1 atom stereocenters. The number of nitrogen functional groups attached to an aromatic ring is 1. The zero-order valence-corrected chi connectivity index (χ0v) is 12.9. The highest BCUT2D eigenvalue weighted by atomic mass is 79.9. The van der Waals surface area contributed by atoms with E-state index in [1.807, 2.05) is 0 Å². The number of rotatable bonds is 4. The molecular weight excluding hydrogens is 324 g/mol. The second-order valence-electron chi connectivity index (χ2n) is 4.72. The summed E-state index contributed by atoms with van der Waals surface area (Å²) in [5.74, 6) is -0.104. The summed E-state index contributed by atoms with van der Waals surface area (Å²) >= 11 is 3.40. The van der Waals surface area contributed by atoms with Gasteiger partial charge in [-0.15, -0.1) is 0 Å². The molecule has 0 aromatic heterocycles. The molecule has 2 rings (SSSR count). The van der Waals surface area contributed by atoms with Crippen LogP contribution in [-0.4, -0.2) is 30.4 Å². The number of nitrogens with two attached hydrogens (primary N) is 1. The van der Waals surface area contributed by atoms with Crippen LogP contribution in [0.25, 0.3) is 0 Å². The van der Waals surface area contributed by atoms with Crippen molar-refractivity contribution in [3.63, 3.8) is 0 Å². The van der Waals surface area contributed by atoms with Gasteiger partial charge in [-0.3, -0.25) is 4.79 Å². The van der Waals surface area contributed by atoms with E-state index in [1.165, 1.54) is 0 Å². The predicted octanol–water partition coefficient (Wildman–Crippen LogP) is 2.19. The lowest BCUT2D eigenvalue weighted by Crippen LogP contribution is -2.26. The van der Waals surface area contributed by atoms with Crippen molar-refractivity contribution in [3.05, 3.63) is 23.8 Å². The highest BCUT2D eigenvalue weighted by Crippen LogP contribution is 2.31. The van der Waals surface area contributed by atoms with E-state index in [4.69, 9.17) is 10.5 Å². The molecule has 0 bridgehead atoms. The van der Waals surface area contributed by atoms with Crippen molar-refractivity contribution in [2.24, 2.45) is 5.92 Å². The molecule has 1 amide bonds. The molecule has 1 unspecified atom stereocenters. The molecular formula is C14H17BrN2O3. The first-order valence-electron chi connectivity index (χ1n) is 6.49. The molecule has 2 N–H and O–H groups in total. The van der Waals surface area contributed by atoms with E-state index in [0.717, 1.165) is 5.33 Å². The van der Waals surface area contributed by atoms with E-state index < -0.39 is 5.97 Å². The molecule has 6 heteroatoms. The average Bonchev–Trinajstić information content (AvgIpc) is 2.81. The van der Waals surface area contributed by atoms with Crippen molar-refractivity contribution >= 4 is 39.2 Å². The van der Waals surface area contributed by atoms with Gasteiger partial charge in [-0.1, -0.05) is 15.9 Å². The van der Waals surface area contributed by atoms with Crippen LogP contribution >= 0.6 is 15.9 Å². The summed E-state index contributed by atoms with van der Waals surface area (Å²) in [6.45, 7) is 2.67. The number of alkyl halides is 1.